The lowest BCUT2D eigenvalue weighted by molar-refractivity contribution is 0.415. The minimum atomic E-state index is 0.699. The zero-order valence-electron chi connectivity index (χ0n) is 14.9. The fourth-order valence-corrected chi connectivity index (χ4v) is 2.49. The van der Waals surface area contributed by atoms with Crippen LogP contribution < -0.4 is 15.4 Å². The lowest BCUT2D eigenvalue weighted by Gasteiger charge is -2.11. The van der Waals surface area contributed by atoms with Crippen LogP contribution in [0, 0.1) is 20.8 Å². The lowest BCUT2D eigenvalue weighted by atomic mass is 10.1. The van der Waals surface area contributed by atoms with Crippen molar-refractivity contribution < 1.29 is 4.74 Å². The Kier molecular flexibility index (Phi) is 4.84. The molecule has 0 saturated carbocycles. The molecule has 0 bridgehead atoms. The number of rotatable bonds is 5. The van der Waals surface area contributed by atoms with Gasteiger partial charge in [-0.05, 0) is 68.3 Å². The summed E-state index contributed by atoms with van der Waals surface area (Å²) in [6.45, 7) is 6.08. The second-order valence-corrected chi connectivity index (χ2v) is 5.96. The first-order valence-corrected chi connectivity index (χ1v) is 8.14. The van der Waals surface area contributed by atoms with Crippen molar-refractivity contribution in [1.29, 1.82) is 0 Å². The lowest BCUT2D eigenvalue weighted by Crippen LogP contribution is -2.01. The highest BCUT2D eigenvalue weighted by Gasteiger charge is 2.04. The number of hydrogen-bond donors (Lipinski definition) is 2. The summed E-state index contributed by atoms with van der Waals surface area (Å²) in [5, 5.41) is 6.64. The molecular formula is C20H22N4O. The Bertz CT molecular complexity index is 875. The smallest absolute Gasteiger partial charge is 0.136 e. The standard InChI is InChI=1S/C20H22N4O/c1-13-5-6-17(11-14(13)2)24-20-12-19(21-15(3)22-20)23-16-7-9-18(25-4)10-8-16/h5-12H,1-4H3,(H2,21,22,23,24). The molecule has 5 heteroatoms. The van der Waals surface area contributed by atoms with Crippen molar-refractivity contribution in [3.63, 3.8) is 0 Å². The summed E-state index contributed by atoms with van der Waals surface area (Å²) in [6.07, 6.45) is 0. The van der Waals surface area contributed by atoms with Crippen LogP contribution in [0.15, 0.2) is 48.5 Å². The summed E-state index contributed by atoms with van der Waals surface area (Å²) in [7, 11) is 1.65. The quantitative estimate of drug-likeness (QED) is 0.695. The SMILES string of the molecule is COc1ccc(Nc2cc(Nc3ccc(C)c(C)c3)nc(C)n2)cc1. The van der Waals surface area contributed by atoms with Crippen LogP contribution >= 0.6 is 0 Å². The number of aromatic nitrogens is 2. The van der Waals surface area contributed by atoms with Gasteiger partial charge in [0.1, 0.15) is 23.2 Å². The number of ether oxygens (including phenoxy) is 1. The normalized spacial score (nSPS) is 10.4. The number of aryl methyl sites for hydroxylation is 3. The molecule has 3 rings (SSSR count). The number of benzene rings is 2. The number of anilines is 4. The second-order valence-electron chi connectivity index (χ2n) is 5.96. The van der Waals surface area contributed by atoms with Crippen molar-refractivity contribution in [2.75, 3.05) is 17.7 Å². The molecule has 0 radical (unpaired) electrons. The number of methoxy groups -OCH3 is 1. The second kappa shape index (κ2) is 7.21. The van der Waals surface area contributed by atoms with Gasteiger partial charge in [-0.1, -0.05) is 6.07 Å². The minimum absolute atomic E-state index is 0.699. The Morgan fingerprint density at radius 3 is 1.92 bits per heavy atom. The third kappa shape index (κ3) is 4.26. The highest BCUT2D eigenvalue weighted by Crippen LogP contribution is 2.23. The average Bonchev–Trinajstić information content (AvgIpc) is 2.58. The van der Waals surface area contributed by atoms with E-state index in [0.29, 0.717) is 5.82 Å². The summed E-state index contributed by atoms with van der Waals surface area (Å²) in [6, 6.07) is 15.9. The van der Waals surface area contributed by atoms with Crippen molar-refractivity contribution in [2.45, 2.75) is 20.8 Å². The zero-order valence-corrected chi connectivity index (χ0v) is 14.9. The highest BCUT2D eigenvalue weighted by atomic mass is 16.5. The molecular weight excluding hydrogens is 312 g/mol. The molecule has 0 unspecified atom stereocenters. The largest absolute Gasteiger partial charge is 0.497 e. The van der Waals surface area contributed by atoms with Crippen LogP contribution in [-0.4, -0.2) is 17.1 Å². The van der Waals surface area contributed by atoms with Crippen LogP contribution in [0.1, 0.15) is 17.0 Å². The van der Waals surface area contributed by atoms with Gasteiger partial charge in [-0.15, -0.1) is 0 Å². The predicted molar refractivity (Wildman–Crippen MR) is 102 cm³/mol. The predicted octanol–water partition coefficient (Wildman–Crippen LogP) is 4.90. The average molecular weight is 334 g/mol. The zero-order chi connectivity index (χ0) is 17.8. The van der Waals surface area contributed by atoms with Gasteiger partial charge in [0, 0.05) is 17.4 Å². The Balaban J connectivity index is 1.80. The molecule has 1 heterocycles. The summed E-state index contributed by atoms with van der Waals surface area (Å²) >= 11 is 0. The first-order valence-electron chi connectivity index (χ1n) is 8.14. The van der Waals surface area contributed by atoms with E-state index in [9.17, 15) is 0 Å². The molecule has 128 valence electrons. The Labute approximate surface area is 148 Å². The molecule has 25 heavy (non-hydrogen) atoms. The Morgan fingerprint density at radius 1 is 0.720 bits per heavy atom. The van der Waals surface area contributed by atoms with Gasteiger partial charge in [-0.25, -0.2) is 9.97 Å². The van der Waals surface area contributed by atoms with E-state index < -0.39 is 0 Å². The van der Waals surface area contributed by atoms with E-state index in [4.69, 9.17) is 4.74 Å². The first kappa shape index (κ1) is 16.8. The van der Waals surface area contributed by atoms with E-state index in [1.807, 2.05) is 37.3 Å². The Morgan fingerprint density at radius 2 is 1.32 bits per heavy atom. The molecule has 0 aliphatic carbocycles. The topological polar surface area (TPSA) is 59.1 Å². The molecule has 5 nitrogen and oxygen atoms in total. The van der Waals surface area contributed by atoms with Gasteiger partial charge < -0.3 is 15.4 Å². The van der Waals surface area contributed by atoms with Crippen molar-refractivity contribution in [3.05, 3.63) is 65.5 Å². The monoisotopic (exact) mass is 334 g/mol. The van der Waals surface area contributed by atoms with Gasteiger partial charge in [0.15, 0.2) is 0 Å². The van der Waals surface area contributed by atoms with E-state index in [2.05, 4.69) is 52.6 Å². The van der Waals surface area contributed by atoms with Crippen LogP contribution in [0.5, 0.6) is 5.75 Å². The molecule has 0 amide bonds. The molecule has 0 fully saturated rings. The van der Waals surface area contributed by atoms with Crippen molar-refractivity contribution in [1.82, 2.24) is 9.97 Å². The van der Waals surface area contributed by atoms with Crippen molar-refractivity contribution in [3.8, 4) is 5.75 Å². The highest BCUT2D eigenvalue weighted by molar-refractivity contribution is 5.64. The van der Waals surface area contributed by atoms with Gasteiger partial charge in [0.25, 0.3) is 0 Å². The molecule has 0 saturated heterocycles. The van der Waals surface area contributed by atoms with Crippen LogP contribution in [0.25, 0.3) is 0 Å². The van der Waals surface area contributed by atoms with E-state index in [0.717, 1.165) is 28.8 Å². The number of hydrogen-bond acceptors (Lipinski definition) is 5. The third-order valence-corrected chi connectivity index (χ3v) is 3.98. The molecule has 2 aromatic carbocycles. The molecule has 0 aliphatic heterocycles. The minimum Gasteiger partial charge on any atom is -0.497 e. The molecule has 2 N–H and O–H groups in total. The summed E-state index contributed by atoms with van der Waals surface area (Å²) in [5.41, 5.74) is 4.46. The van der Waals surface area contributed by atoms with Gasteiger partial charge >= 0.3 is 0 Å². The van der Waals surface area contributed by atoms with E-state index in [-0.39, 0.29) is 0 Å². The van der Waals surface area contributed by atoms with Gasteiger partial charge in [0.05, 0.1) is 7.11 Å². The van der Waals surface area contributed by atoms with Gasteiger partial charge in [0.2, 0.25) is 0 Å². The fourth-order valence-electron chi connectivity index (χ4n) is 2.49. The first-order chi connectivity index (χ1) is 12.0. The molecule has 3 aromatic rings. The number of nitrogens with one attached hydrogen (secondary N) is 2. The van der Waals surface area contributed by atoms with E-state index in [1.54, 1.807) is 7.11 Å². The van der Waals surface area contributed by atoms with Gasteiger partial charge in [-0.2, -0.15) is 0 Å². The molecule has 0 atom stereocenters. The molecule has 1 aromatic heterocycles. The van der Waals surface area contributed by atoms with Crippen molar-refractivity contribution >= 4 is 23.0 Å². The fraction of sp³-hybridized carbons (Fsp3) is 0.200. The molecule has 0 spiro atoms. The maximum absolute atomic E-state index is 5.18. The maximum atomic E-state index is 5.18. The van der Waals surface area contributed by atoms with Crippen molar-refractivity contribution in [2.24, 2.45) is 0 Å². The van der Waals surface area contributed by atoms with Crippen LogP contribution in [-0.2, 0) is 0 Å². The van der Waals surface area contributed by atoms with Gasteiger partial charge in [-0.3, -0.25) is 0 Å². The van der Waals surface area contributed by atoms with E-state index in [1.165, 1.54) is 11.1 Å². The maximum Gasteiger partial charge on any atom is 0.136 e. The molecule has 0 aliphatic rings. The van der Waals surface area contributed by atoms with Crippen LogP contribution in [0.3, 0.4) is 0 Å². The third-order valence-electron chi connectivity index (χ3n) is 3.98. The number of nitrogens with zero attached hydrogens (tertiary/aromatic N) is 2. The summed E-state index contributed by atoms with van der Waals surface area (Å²) in [5.74, 6) is 3.02. The summed E-state index contributed by atoms with van der Waals surface area (Å²) < 4.78 is 5.18. The summed E-state index contributed by atoms with van der Waals surface area (Å²) in [4.78, 5) is 8.92. The van der Waals surface area contributed by atoms with Crippen LogP contribution in [0.4, 0.5) is 23.0 Å². The van der Waals surface area contributed by atoms with Crippen LogP contribution in [0.2, 0.25) is 0 Å². The van der Waals surface area contributed by atoms with E-state index >= 15 is 0 Å². The Hall–Kier alpha value is -3.08.